The number of benzene rings is 1. The van der Waals surface area contributed by atoms with Crippen molar-refractivity contribution in [2.75, 3.05) is 0 Å². The Morgan fingerprint density at radius 2 is 1.96 bits per heavy atom. The van der Waals surface area contributed by atoms with E-state index in [-0.39, 0.29) is 23.7 Å². The van der Waals surface area contributed by atoms with Crippen LogP contribution in [0.1, 0.15) is 6.42 Å². The summed E-state index contributed by atoms with van der Waals surface area (Å²) in [6, 6.07) is 8.30. The minimum atomic E-state index is -1.13. The zero-order chi connectivity index (χ0) is 19.1. The average molecular weight is 380 g/mol. The number of fused-ring (bicyclic) bond motifs is 2. The predicted molar refractivity (Wildman–Crippen MR) is 97.8 cm³/mol. The van der Waals surface area contributed by atoms with Crippen LogP contribution >= 0.6 is 0 Å². The van der Waals surface area contributed by atoms with Gasteiger partial charge in [0.2, 0.25) is 5.88 Å². The molecule has 8 nitrogen and oxygen atoms in total. The molecule has 0 saturated carbocycles. The number of nitrogens with zero attached hydrogens (tertiary/aromatic N) is 5. The number of aromatic nitrogens is 5. The van der Waals surface area contributed by atoms with Gasteiger partial charge in [-0.05, 0) is 18.2 Å². The molecule has 1 aromatic carbocycles. The summed E-state index contributed by atoms with van der Waals surface area (Å²) in [5.41, 5.74) is 1.75. The third-order valence-electron chi connectivity index (χ3n) is 5.03. The Balaban J connectivity index is 1.33. The fourth-order valence-corrected chi connectivity index (χ4v) is 3.59. The molecule has 2 bridgehead atoms. The Labute approximate surface area is 159 Å². The maximum absolute atomic E-state index is 14.4. The standard InChI is InChI=1S/C19H17FN6O2/c20-19-15-4-1-11(23-15)7-17(19)28-18-6-5-14(24-25-18)13-3-2-12(8-16(13)27)26-9-21-22-10-26/h1-6,8-11,15,17,19,23,27H,7H2/t11-,15+,17-,19+/m0/s1. The van der Waals surface area contributed by atoms with Gasteiger partial charge in [0, 0.05) is 30.2 Å². The molecular weight excluding hydrogens is 363 g/mol. The van der Waals surface area contributed by atoms with Crippen LogP contribution in [0.15, 0.2) is 55.1 Å². The van der Waals surface area contributed by atoms with Crippen molar-refractivity contribution < 1.29 is 14.2 Å². The van der Waals surface area contributed by atoms with E-state index in [0.717, 1.165) is 5.69 Å². The van der Waals surface area contributed by atoms with Gasteiger partial charge < -0.3 is 15.2 Å². The SMILES string of the molecule is Oc1cc(-n2cnnc2)ccc1-c1ccc(O[C@H]2C[C@@H]3C=C[C@@H](N3)[C@H]2F)nn1. The maximum Gasteiger partial charge on any atom is 0.233 e. The molecule has 0 spiro atoms. The lowest BCUT2D eigenvalue weighted by Crippen LogP contribution is -2.52. The van der Waals surface area contributed by atoms with Gasteiger partial charge in [0.1, 0.15) is 24.5 Å². The second-order valence-corrected chi connectivity index (χ2v) is 6.85. The molecule has 0 amide bonds. The van der Waals surface area contributed by atoms with Crippen molar-refractivity contribution in [1.82, 2.24) is 30.3 Å². The first-order valence-electron chi connectivity index (χ1n) is 8.94. The number of hydrogen-bond acceptors (Lipinski definition) is 7. The highest BCUT2D eigenvalue weighted by Crippen LogP contribution is 2.31. The van der Waals surface area contributed by atoms with E-state index >= 15 is 0 Å². The molecule has 4 heterocycles. The highest BCUT2D eigenvalue weighted by molar-refractivity contribution is 5.68. The van der Waals surface area contributed by atoms with Gasteiger partial charge in [0.05, 0.1) is 17.4 Å². The van der Waals surface area contributed by atoms with Crippen LogP contribution in [0.2, 0.25) is 0 Å². The van der Waals surface area contributed by atoms with Gasteiger partial charge in [0.25, 0.3) is 0 Å². The van der Waals surface area contributed by atoms with Crippen LogP contribution in [-0.2, 0) is 0 Å². The zero-order valence-corrected chi connectivity index (χ0v) is 14.7. The molecule has 5 rings (SSSR count). The second kappa shape index (κ2) is 6.68. The summed E-state index contributed by atoms with van der Waals surface area (Å²) in [5, 5.41) is 29.2. The van der Waals surface area contributed by atoms with Crippen molar-refractivity contribution in [1.29, 1.82) is 0 Å². The van der Waals surface area contributed by atoms with Crippen molar-refractivity contribution in [2.45, 2.75) is 30.8 Å². The number of ether oxygens (including phenoxy) is 1. The summed E-state index contributed by atoms with van der Waals surface area (Å²) in [6.45, 7) is 0. The smallest absolute Gasteiger partial charge is 0.233 e. The van der Waals surface area contributed by atoms with E-state index in [1.165, 1.54) is 0 Å². The number of aromatic hydroxyl groups is 1. The van der Waals surface area contributed by atoms with Crippen LogP contribution in [-0.4, -0.2) is 54.4 Å². The number of hydrogen-bond donors (Lipinski definition) is 2. The first kappa shape index (κ1) is 16.8. The topological polar surface area (TPSA) is 98.0 Å². The van der Waals surface area contributed by atoms with E-state index in [2.05, 4.69) is 25.7 Å². The van der Waals surface area contributed by atoms with Gasteiger partial charge in [-0.3, -0.25) is 4.57 Å². The van der Waals surface area contributed by atoms with E-state index in [9.17, 15) is 9.50 Å². The number of rotatable bonds is 4. The molecule has 2 aliphatic heterocycles. The number of nitrogens with one attached hydrogen (secondary N) is 1. The molecule has 4 atom stereocenters. The Morgan fingerprint density at radius 3 is 2.71 bits per heavy atom. The minimum Gasteiger partial charge on any atom is -0.507 e. The number of alkyl halides is 1. The summed E-state index contributed by atoms with van der Waals surface area (Å²) in [5.74, 6) is 0.317. The Hall–Kier alpha value is -3.33. The first-order valence-corrected chi connectivity index (χ1v) is 8.94. The summed E-state index contributed by atoms with van der Waals surface area (Å²) in [6.07, 6.45) is 5.75. The molecule has 3 aromatic rings. The molecule has 28 heavy (non-hydrogen) atoms. The molecule has 2 N–H and O–H groups in total. The number of phenolic OH excluding ortho intramolecular Hbond substituents is 1. The molecule has 9 heteroatoms. The van der Waals surface area contributed by atoms with Crippen molar-refractivity contribution in [2.24, 2.45) is 0 Å². The molecule has 2 aliphatic rings. The quantitative estimate of drug-likeness (QED) is 0.666. The lowest BCUT2D eigenvalue weighted by Gasteiger charge is -2.32. The van der Waals surface area contributed by atoms with Crippen LogP contribution in [0, 0.1) is 0 Å². The Kier molecular flexibility index (Phi) is 4.01. The fraction of sp³-hybridized carbons (Fsp3) is 0.263. The van der Waals surface area contributed by atoms with Gasteiger partial charge >= 0.3 is 0 Å². The predicted octanol–water partition coefficient (Wildman–Crippen LogP) is 1.82. The Morgan fingerprint density at radius 1 is 1.11 bits per heavy atom. The average Bonchev–Trinajstić information content (AvgIpc) is 3.37. The van der Waals surface area contributed by atoms with Crippen LogP contribution in [0.3, 0.4) is 0 Å². The molecule has 1 fully saturated rings. The number of phenols is 1. The molecule has 0 aliphatic carbocycles. The van der Waals surface area contributed by atoms with Crippen molar-refractivity contribution >= 4 is 0 Å². The molecule has 0 unspecified atom stereocenters. The third kappa shape index (κ3) is 2.99. The number of piperidine rings is 1. The molecule has 142 valence electrons. The highest BCUT2D eigenvalue weighted by Gasteiger charge is 2.40. The fourth-order valence-electron chi connectivity index (χ4n) is 3.59. The maximum atomic E-state index is 14.4. The van der Waals surface area contributed by atoms with Crippen LogP contribution in [0.4, 0.5) is 4.39 Å². The minimum absolute atomic E-state index is 0.0546. The van der Waals surface area contributed by atoms with E-state index in [1.54, 1.807) is 41.5 Å². The van der Waals surface area contributed by atoms with E-state index < -0.39 is 12.3 Å². The largest absolute Gasteiger partial charge is 0.507 e. The van der Waals surface area contributed by atoms with Crippen molar-refractivity contribution in [3.63, 3.8) is 0 Å². The van der Waals surface area contributed by atoms with E-state index in [4.69, 9.17) is 4.74 Å². The lowest BCUT2D eigenvalue weighted by molar-refractivity contribution is 0.0475. The van der Waals surface area contributed by atoms with Gasteiger partial charge in [-0.15, -0.1) is 20.4 Å². The number of halogens is 1. The van der Waals surface area contributed by atoms with Crippen LogP contribution < -0.4 is 10.1 Å². The van der Waals surface area contributed by atoms with Gasteiger partial charge in [0.15, 0.2) is 6.17 Å². The molecule has 1 saturated heterocycles. The normalized spacial score (nSPS) is 25.8. The van der Waals surface area contributed by atoms with E-state index in [0.29, 0.717) is 17.7 Å². The van der Waals surface area contributed by atoms with Crippen molar-refractivity contribution in [3.05, 3.63) is 55.1 Å². The molecule has 2 aromatic heterocycles. The summed E-state index contributed by atoms with van der Waals surface area (Å²) in [7, 11) is 0. The monoisotopic (exact) mass is 380 g/mol. The summed E-state index contributed by atoms with van der Waals surface area (Å²) in [4.78, 5) is 0. The van der Waals surface area contributed by atoms with Gasteiger partial charge in [-0.1, -0.05) is 12.2 Å². The van der Waals surface area contributed by atoms with Gasteiger partial charge in [-0.2, -0.15) is 0 Å². The summed E-state index contributed by atoms with van der Waals surface area (Å²) < 4.78 is 21.9. The van der Waals surface area contributed by atoms with Gasteiger partial charge in [-0.25, -0.2) is 4.39 Å². The van der Waals surface area contributed by atoms with E-state index in [1.807, 2.05) is 18.2 Å². The highest BCUT2D eigenvalue weighted by atomic mass is 19.1. The summed E-state index contributed by atoms with van der Waals surface area (Å²) >= 11 is 0. The van der Waals surface area contributed by atoms with Crippen LogP contribution in [0.5, 0.6) is 11.6 Å². The zero-order valence-electron chi connectivity index (χ0n) is 14.7. The Bertz CT molecular complexity index is 1010. The molecular formula is C19H17FN6O2. The molecule has 0 radical (unpaired) electrons. The third-order valence-corrected chi connectivity index (χ3v) is 5.03. The second-order valence-electron chi connectivity index (χ2n) is 6.85. The lowest BCUT2D eigenvalue weighted by atomic mass is 9.99. The van der Waals surface area contributed by atoms with Crippen molar-refractivity contribution in [3.8, 4) is 28.6 Å². The van der Waals surface area contributed by atoms with Crippen LogP contribution in [0.25, 0.3) is 16.9 Å². The first-order chi connectivity index (χ1) is 13.7.